The van der Waals surface area contributed by atoms with Crippen molar-refractivity contribution in [1.82, 2.24) is 9.47 Å². The van der Waals surface area contributed by atoms with Gasteiger partial charge in [0.1, 0.15) is 11.8 Å². The third-order valence-corrected chi connectivity index (χ3v) is 10.0. The second kappa shape index (κ2) is 9.86. The van der Waals surface area contributed by atoms with E-state index in [4.69, 9.17) is 4.74 Å². The number of rotatable bonds is 4. The fourth-order valence-electron chi connectivity index (χ4n) is 5.19. The first-order valence-corrected chi connectivity index (χ1v) is 14.4. The van der Waals surface area contributed by atoms with E-state index >= 15 is 0 Å². The van der Waals surface area contributed by atoms with E-state index < -0.39 is 17.1 Å². The molecule has 3 amide bonds. The van der Waals surface area contributed by atoms with Gasteiger partial charge in [-0.2, -0.15) is 0 Å². The van der Waals surface area contributed by atoms with Crippen molar-refractivity contribution in [3.8, 4) is 0 Å². The number of anilines is 1. The lowest BCUT2D eigenvalue weighted by molar-refractivity contribution is -0.136. The van der Waals surface area contributed by atoms with Gasteiger partial charge in [0.2, 0.25) is 17.7 Å². The number of nitrogens with zero attached hydrogens (tertiary/aromatic N) is 3. The third-order valence-electron chi connectivity index (χ3n) is 6.93. The van der Waals surface area contributed by atoms with Crippen LogP contribution in [0.2, 0.25) is 0 Å². The molecule has 1 aromatic heterocycles. The quantitative estimate of drug-likeness (QED) is 0.427. The van der Waals surface area contributed by atoms with E-state index in [1.54, 1.807) is 29.2 Å². The van der Waals surface area contributed by atoms with Crippen molar-refractivity contribution in [3.05, 3.63) is 79.2 Å². The predicted molar refractivity (Wildman–Crippen MR) is 144 cm³/mol. The van der Waals surface area contributed by atoms with E-state index in [0.717, 1.165) is 26.3 Å². The van der Waals surface area contributed by atoms with Gasteiger partial charge in [0.25, 0.3) is 0 Å². The lowest BCUT2D eigenvalue weighted by atomic mass is 9.83. The van der Waals surface area contributed by atoms with Crippen LogP contribution in [0.15, 0.2) is 68.9 Å². The van der Waals surface area contributed by atoms with Gasteiger partial charge in [-0.05, 0) is 29.8 Å². The molecular formula is C26H22BrN3O5S2. The number of amides is 3. The molecule has 3 unspecified atom stereocenters. The van der Waals surface area contributed by atoms with Crippen LogP contribution in [0.4, 0.5) is 5.69 Å². The Labute approximate surface area is 229 Å². The number of para-hydroxylation sites is 1. The minimum absolute atomic E-state index is 0.106. The van der Waals surface area contributed by atoms with Crippen LogP contribution in [0.3, 0.4) is 0 Å². The summed E-state index contributed by atoms with van der Waals surface area (Å²) in [4.78, 5) is 57.2. The van der Waals surface area contributed by atoms with Crippen molar-refractivity contribution in [3.63, 3.8) is 0 Å². The van der Waals surface area contributed by atoms with Crippen molar-refractivity contribution in [2.45, 2.75) is 22.7 Å². The van der Waals surface area contributed by atoms with E-state index in [1.807, 2.05) is 30.3 Å². The molecule has 8 nitrogen and oxygen atoms in total. The summed E-state index contributed by atoms with van der Waals surface area (Å²) in [7, 11) is 0. The predicted octanol–water partition coefficient (Wildman–Crippen LogP) is 3.33. The number of hydrogen-bond acceptors (Lipinski definition) is 7. The fraction of sp³-hybridized carbons (Fsp3) is 0.308. The Morgan fingerprint density at radius 1 is 1.00 bits per heavy atom. The van der Waals surface area contributed by atoms with Gasteiger partial charge in [-0.1, -0.05) is 69.4 Å². The maximum atomic E-state index is 13.8. The van der Waals surface area contributed by atoms with Crippen LogP contribution in [-0.2, 0) is 25.7 Å². The molecule has 0 radical (unpaired) electrons. The maximum absolute atomic E-state index is 13.8. The highest BCUT2D eigenvalue weighted by Gasteiger charge is 2.56. The number of thiazole rings is 1. The van der Waals surface area contributed by atoms with Gasteiger partial charge in [-0.25, -0.2) is 4.90 Å². The topological polar surface area (TPSA) is 88.9 Å². The Balaban J connectivity index is 1.44. The molecule has 2 saturated heterocycles. The first kappa shape index (κ1) is 24.6. The van der Waals surface area contributed by atoms with Gasteiger partial charge in [0, 0.05) is 28.4 Å². The monoisotopic (exact) mass is 599 g/mol. The van der Waals surface area contributed by atoms with Crippen LogP contribution >= 0.6 is 39.0 Å². The van der Waals surface area contributed by atoms with Crippen LogP contribution in [0, 0.1) is 5.92 Å². The van der Waals surface area contributed by atoms with Crippen molar-refractivity contribution < 1.29 is 19.1 Å². The average molecular weight is 601 g/mol. The molecule has 3 aromatic rings. The molecule has 4 heterocycles. The molecule has 0 aliphatic carbocycles. The summed E-state index contributed by atoms with van der Waals surface area (Å²) in [6.07, 6.45) is 0. The Morgan fingerprint density at radius 3 is 2.49 bits per heavy atom. The molecule has 3 aliphatic heterocycles. The lowest BCUT2D eigenvalue weighted by Crippen LogP contribution is -2.43. The Kier molecular flexibility index (Phi) is 6.56. The summed E-state index contributed by atoms with van der Waals surface area (Å²) in [6.45, 7) is 1.80. The molecule has 0 spiro atoms. The van der Waals surface area contributed by atoms with Gasteiger partial charge >= 0.3 is 4.87 Å². The first-order valence-electron chi connectivity index (χ1n) is 11.9. The smallest absolute Gasteiger partial charge is 0.308 e. The number of imide groups is 1. The minimum atomic E-state index is -0.706. The number of morpholine rings is 1. The lowest BCUT2D eigenvalue weighted by Gasteiger charge is -2.31. The number of carbonyl (C=O) groups excluding carboxylic acids is 3. The number of ether oxygens (including phenoxy) is 1. The van der Waals surface area contributed by atoms with Crippen LogP contribution in [0.1, 0.15) is 16.4 Å². The number of thioether (sulfide) groups is 1. The number of benzene rings is 2. The van der Waals surface area contributed by atoms with E-state index in [-0.39, 0.29) is 29.1 Å². The highest BCUT2D eigenvalue weighted by atomic mass is 79.9. The molecule has 3 atom stereocenters. The minimum Gasteiger partial charge on any atom is -0.378 e. The first-order chi connectivity index (χ1) is 17.9. The Bertz CT molecular complexity index is 1450. The summed E-state index contributed by atoms with van der Waals surface area (Å²) in [5, 5.41) is -0.109. The number of carbonyl (C=O) groups is 3. The highest BCUT2D eigenvalue weighted by molar-refractivity contribution is 9.10. The summed E-state index contributed by atoms with van der Waals surface area (Å²) in [5.74, 6) is -1.89. The summed E-state index contributed by atoms with van der Waals surface area (Å²) >= 11 is 5.81. The summed E-state index contributed by atoms with van der Waals surface area (Å²) in [6, 6.07) is 16.5. The van der Waals surface area contributed by atoms with Crippen LogP contribution in [-0.4, -0.2) is 58.7 Å². The Morgan fingerprint density at radius 2 is 1.76 bits per heavy atom. The number of fused-ring (bicyclic) bond motifs is 2. The van der Waals surface area contributed by atoms with Gasteiger partial charge in [0.05, 0.1) is 29.8 Å². The maximum Gasteiger partial charge on any atom is 0.308 e. The van der Waals surface area contributed by atoms with E-state index in [9.17, 15) is 19.2 Å². The molecule has 2 aromatic carbocycles. The zero-order valence-electron chi connectivity index (χ0n) is 19.5. The van der Waals surface area contributed by atoms with E-state index in [2.05, 4.69) is 15.9 Å². The molecule has 6 rings (SSSR count). The second-order valence-corrected chi connectivity index (χ2v) is 12.1. The van der Waals surface area contributed by atoms with Crippen molar-refractivity contribution in [2.75, 3.05) is 31.2 Å². The zero-order chi connectivity index (χ0) is 25.7. The molecule has 37 heavy (non-hydrogen) atoms. The molecule has 0 N–H and O–H groups in total. The SMILES string of the molecule is O=C(Cn1c2c(sc1=O)C(c1cccc(Br)c1)C1C(=O)N(c3ccccc3)C(=O)C1S2)N1CCOCC1. The molecule has 3 aliphatic rings. The van der Waals surface area contributed by atoms with Gasteiger partial charge in [-0.15, -0.1) is 0 Å². The van der Waals surface area contributed by atoms with Crippen molar-refractivity contribution in [2.24, 2.45) is 5.92 Å². The highest BCUT2D eigenvalue weighted by Crippen LogP contribution is 2.54. The fourth-order valence-corrected chi connectivity index (χ4v) is 8.38. The van der Waals surface area contributed by atoms with E-state index in [0.29, 0.717) is 37.0 Å². The van der Waals surface area contributed by atoms with E-state index in [1.165, 1.54) is 21.2 Å². The number of hydrogen-bond donors (Lipinski definition) is 0. The summed E-state index contributed by atoms with van der Waals surface area (Å²) in [5.41, 5.74) is 1.37. The van der Waals surface area contributed by atoms with Crippen molar-refractivity contribution >= 4 is 62.4 Å². The summed E-state index contributed by atoms with van der Waals surface area (Å²) < 4.78 is 7.66. The average Bonchev–Trinajstić information content (AvgIpc) is 3.35. The van der Waals surface area contributed by atoms with Crippen molar-refractivity contribution in [1.29, 1.82) is 0 Å². The van der Waals surface area contributed by atoms with Crippen LogP contribution in [0.25, 0.3) is 0 Å². The molecule has 11 heteroatoms. The molecule has 190 valence electrons. The van der Waals surface area contributed by atoms with Gasteiger partial charge < -0.3 is 9.64 Å². The van der Waals surface area contributed by atoms with Crippen LogP contribution in [0.5, 0.6) is 0 Å². The van der Waals surface area contributed by atoms with Crippen LogP contribution < -0.4 is 9.77 Å². The standard InChI is InChI=1S/C26H22BrN3O5S2/c27-16-6-4-5-15(13-16)19-20-21(24(33)30(23(20)32)17-7-2-1-3-8-17)36-25-22(19)37-26(34)29(25)14-18(31)28-9-11-35-12-10-28/h1-8,13,19-21H,9-12,14H2. The number of halogens is 1. The van der Waals surface area contributed by atoms with Gasteiger partial charge in [-0.3, -0.25) is 23.7 Å². The molecule has 2 fully saturated rings. The number of aromatic nitrogens is 1. The second-order valence-electron chi connectivity index (χ2n) is 9.06. The van der Waals surface area contributed by atoms with Gasteiger partial charge in [0.15, 0.2) is 0 Å². The Hall–Kier alpha value is -2.73. The third kappa shape index (κ3) is 4.27. The zero-order valence-corrected chi connectivity index (χ0v) is 22.8. The largest absolute Gasteiger partial charge is 0.378 e. The molecular weight excluding hydrogens is 578 g/mol. The normalized spacial score (nSPS) is 23.2. The molecule has 0 bridgehead atoms. The molecule has 0 saturated carbocycles.